The molecular formula is C18H16ClN3O2S2. The zero-order valence-corrected chi connectivity index (χ0v) is 16.2. The minimum Gasteiger partial charge on any atom is -0.324 e. The number of nitrogens with zero attached hydrogens (tertiary/aromatic N) is 2. The van der Waals surface area contributed by atoms with Gasteiger partial charge < -0.3 is 10.2 Å². The standard InChI is InChI=1S/C18H16ClN3O2S2/c19-16-7-5-14(26-16)6-8-17(23)22-11-25-10-15(22)18(24)21-13-3-1-12(9-20)2-4-13/h1-5,7,15H,6,8,10-11H2,(H,21,24). The van der Waals surface area contributed by atoms with Crippen LogP contribution in [0.5, 0.6) is 0 Å². The van der Waals surface area contributed by atoms with E-state index >= 15 is 0 Å². The SMILES string of the molecule is N#Cc1ccc(NC(=O)C2CSCN2C(=O)CCc2ccc(Cl)s2)cc1. The average Bonchev–Trinajstić information content (AvgIpc) is 3.29. The largest absolute Gasteiger partial charge is 0.324 e. The zero-order valence-electron chi connectivity index (χ0n) is 13.8. The third-order valence-electron chi connectivity index (χ3n) is 4.00. The first-order valence-electron chi connectivity index (χ1n) is 7.99. The van der Waals surface area contributed by atoms with Gasteiger partial charge in [-0.3, -0.25) is 9.59 Å². The van der Waals surface area contributed by atoms with Crippen LogP contribution in [-0.4, -0.2) is 34.4 Å². The normalized spacial score (nSPS) is 16.3. The maximum Gasteiger partial charge on any atom is 0.248 e. The van der Waals surface area contributed by atoms with Crippen molar-refractivity contribution in [1.29, 1.82) is 5.26 Å². The smallest absolute Gasteiger partial charge is 0.248 e. The second kappa shape index (κ2) is 8.58. The van der Waals surface area contributed by atoms with Gasteiger partial charge in [-0.2, -0.15) is 5.26 Å². The van der Waals surface area contributed by atoms with Crippen molar-refractivity contribution in [3.63, 3.8) is 0 Å². The summed E-state index contributed by atoms with van der Waals surface area (Å²) in [6, 6.07) is 12.0. The molecular weight excluding hydrogens is 390 g/mol. The van der Waals surface area contributed by atoms with Crippen LogP contribution < -0.4 is 5.32 Å². The van der Waals surface area contributed by atoms with Crippen molar-refractivity contribution in [2.75, 3.05) is 16.9 Å². The van der Waals surface area contributed by atoms with E-state index in [-0.39, 0.29) is 11.8 Å². The fourth-order valence-electron chi connectivity index (χ4n) is 2.62. The van der Waals surface area contributed by atoms with Gasteiger partial charge in [0.15, 0.2) is 0 Å². The Balaban J connectivity index is 1.58. The summed E-state index contributed by atoms with van der Waals surface area (Å²) in [5.74, 6) is 0.875. The molecule has 2 aromatic rings. The molecule has 0 bridgehead atoms. The predicted molar refractivity (Wildman–Crippen MR) is 105 cm³/mol. The van der Waals surface area contributed by atoms with Crippen molar-refractivity contribution in [2.45, 2.75) is 18.9 Å². The molecule has 8 heteroatoms. The minimum atomic E-state index is -0.477. The highest BCUT2D eigenvalue weighted by atomic mass is 35.5. The number of thiophene rings is 1. The lowest BCUT2D eigenvalue weighted by Gasteiger charge is -2.23. The lowest BCUT2D eigenvalue weighted by molar-refractivity contribution is -0.136. The highest BCUT2D eigenvalue weighted by Gasteiger charge is 2.34. The quantitative estimate of drug-likeness (QED) is 0.822. The first kappa shape index (κ1) is 18.8. The van der Waals surface area contributed by atoms with E-state index in [0.717, 1.165) is 4.88 Å². The van der Waals surface area contributed by atoms with E-state index in [2.05, 4.69) is 5.32 Å². The molecule has 2 heterocycles. The van der Waals surface area contributed by atoms with Crippen LogP contribution in [0.25, 0.3) is 0 Å². The van der Waals surface area contributed by atoms with Gasteiger partial charge in [0.1, 0.15) is 6.04 Å². The maximum atomic E-state index is 12.6. The Labute approximate surface area is 164 Å². The summed E-state index contributed by atoms with van der Waals surface area (Å²) in [5, 5.41) is 11.6. The molecule has 1 atom stereocenters. The molecule has 134 valence electrons. The average molecular weight is 406 g/mol. The lowest BCUT2D eigenvalue weighted by Crippen LogP contribution is -2.44. The van der Waals surface area contributed by atoms with Crippen LogP contribution in [0.2, 0.25) is 4.34 Å². The first-order valence-corrected chi connectivity index (χ1v) is 10.3. The molecule has 1 aliphatic rings. The number of thioether (sulfide) groups is 1. The third-order valence-corrected chi connectivity index (χ3v) is 6.30. The molecule has 1 aliphatic heterocycles. The summed E-state index contributed by atoms with van der Waals surface area (Å²) in [4.78, 5) is 27.8. The Morgan fingerprint density at radius 2 is 2.04 bits per heavy atom. The molecule has 0 aliphatic carbocycles. The van der Waals surface area contributed by atoms with Gasteiger partial charge in [-0.25, -0.2) is 0 Å². The Kier molecular flexibility index (Phi) is 6.20. The Morgan fingerprint density at radius 1 is 1.27 bits per heavy atom. The van der Waals surface area contributed by atoms with Gasteiger partial charge in [-0.05, 0) is 42.8 Å². The molecule has 5 nitrogen and oxygen atoms in total. The van der Waals surface area contributed by atoms with Gasteiger partial charge in [-0.1, -0.05) is 11.6 Å². The topological polar surface area (TPSA) is 73.2 Å². The van der Waals surface area contributed by atoms with E-state index in [0.29, 0.717) is 40.1 Å². The number of rotatable bonds is 5. The van der Waals surface area contributed by atoms with E-state index in [1.807, 2.05) is 18.2 Å². The van der Waals surface area contributed by atoms with Crippen LogP contribution in [0.4, 0.5) is 5.69 Å². The van der Waals surface area contributed by atoms with Gasteiger partial charge in [0.25, 0.3) is 0 Å². The van der Waals surface area contributed by atoms with Gasteiger partial charge >= 0.3 is 0 Å². The van der Waals surface area contributed by atoms with Crippen LogP contribution in [0.15, 0.2) is 36.4 Å². The molecule has 26 heavy (non-hydrogen) atoms. The molecule has 1 aromatic heterocycles. The van der Waals surface area contributed by atoms with E-state index < -0.39 is 6.04 Å². The number of halogens is 1. The Morgan fingerprint density at radius 3 is 2.69 bits per heavy atom. The fraction of sp³-hybridized carbons (Fsp3) is 0.278. The number of carbonyl (C=O) groups excluding carboxylic acids is 2. The van der Waals surface area contributed by atoms with Crippen molar-refractivity contribution in [1.82, 2.24) is 4.90 Å². The van der Waals surface area contributed by atoms with E-state index in [1.165, 1.54) is 11.3 Å². The predicted octanol–water partition coefficient (Wildman–Crippen LogP) is 3.75. The summed E-state index contributed by atoms with van der Waals surface area (Å²) in [7, 11) is 0. The number of hydrogen-bond donors (Lipinski definition) is 1. The molecule has 1 unspecified atom stereocenters. The van der Waals surface area contributed by atoms with Crippen LogP contribution in [0, 0.1) is 11.3 Å². The molecule has 0 spiro atoms. The van der Waals surface area contributed by atoms with Gasteiger partial charge in [0.2, 0.25) is 11.8 Å². The van der Waals surface area contributed by atoms with Crippen LogP contribution in [0.1, 0.15) is 16.9 Å². The molecule has 1 aromatic carbocycles. The van der Waals surface area contributed by atoms with Crippen molar-refractivity contribution in [3.8, 4) is 6.07 Å². The highest BCUT2D eigenvalue weighted by molar-refractivity contribution is 7.99. The molecule has 0 saturated carbocycles. The number of amides is 2. The van der Waals surface area contributed by atoms with Crippen molar-refractivity contribution < 1.29 is 9.59 Å². The van der Waals surface area contributed by atoms with Crippen LogP contribution >= 0.6 is 34.7 Å². The number of benzene rings is 1. The van der Waals surface area contributed by atoms with Gasteiger partial charge in [-0.15, -0.1) is 23.1 Å². The summed E-state index contributed by atoms with van der Waals surface area (Å²) in [6.07, 6.45) is 0.986. The molecule has 2 amide bonds. The third kappa shape index (κ3) is 4.58. The number of nitriles is 1. The maximum absolute atomic E-state index is 12.6. The van der Waals surface area contributed by atoms with Crippen molar-refractivity contribution in [2.24, 2.45) is 0 Å². The van der Waals surface area contributed by atoms with E-state index in [1.54, 1.807) is 40.9 Å². The molecule has 1 saturated heterocycles. The zero-order chi connectivity index (χ0) is 18.5. The Hall–Kier alpha value is -2.01. The Bertz CT molecular complexity index is 845. The molecule has 0 radical (unpaired) electrons. The van der Waals surface area contributed by atoms with Gasteiger partial charge in [0, 0.05) is 22.7 Å². The van der Waals surface area contributed by atoms with Crippen molar-refractivity contribution >= 4 is 52.2 Å². The van der Waals surface area contributed by atoms with Crippen LogP contribution in [-0.2, 0) is 16.0 Å². The summed E-state index contributed by atoms with van der Waals surface area (Å²) < 4.78 is 0.712. The number of hydrogen-bond acceptors (Lipinski definition) is 5. The fourth-order valence-corrected chi connectivity index (χ4v) is 4.89. The molecule has 1 N–H and O–H groups in total. The second-order valence-corrected chi connectivity index (χ2v) is 8.56. The monoisotopic (exact) mass is 405 g/mol. The number of anilines is 1. The summed E-state index contributed by atoms with van der Waals surface area (Å²) >= 11 is 8.96. The van der Waals surface area contributed by atoms with Crippen molar-refractivity contribution in [3.05, 3.63) is 51.2 Å². The van der Waals surface area contributed by atoms with E-state index in [9.17, 15) is 9.59 Å². The molecule has 3 rings (SSSR count). The highest BCUT2D eigenvalue weighted by Crippen LogP contribution is 2.26. The first-order chi connectivity index (χ1) is 12.6. The number of carbonyl (C=O) groups is 2. The minimum absolute atomic E-state index is 0.0282. The number of aryl methyl sites for hydroxylation is 1. The summed E-state index contributed by atoms with van der Waals surface area (Å²) in [6.45, 7) is 0. The number of nitrogens with one attached hydrogen (secondary N) is 1. The van der Waals surface area contributed by atoms with E-state index in [4.69, 9.17) is 16.9 Å². The summed E-state index contributed by atoms with van der Waals surface area (Å²) in [5.41, 5.74) is 1.15. The molecule has 1 fully saturated rings. The van der Waals surface area contributed by atoms with Gasteiger partial charge in [0.05, 0.1) is 21.8 Å². The van der Waals surface area contributed by atoms with Crippen LogP contribution in [0.3, 0.4) is 0 Å². The lowest BCUT2D eigenvalue weighted by atomic mass is 10.2. The second-order valence-electron chi connectivity index (χ2n) is 5.76.